The fourth-order valence-electron chi connectivity index (χ4n) is 5.21. The minimum absolute atomic E-state index is 0.0844. The SMILES string of the molecule is O=S(=O)(O)CCCOc1cc(N=Nc2ccc(Cl)c(S(=O)(=O)O)c2)c(Cl)cc1Nc1nc(NCS(=O)(=O)O)nc(Nc2cc(Cl)c(N=Nc3ccc(Cl)c(S(=O)(=O)O)c3)cc2OCCCS(=O)(=O)O)n1. The second kappa shape index (κ2) is 22.9. The molecule has 0 fully saturated rings. The number of azo groups is 2. The lowest BCUT2D eigenvalue weighted by Crippen LogP contribution is -2.16. The molecule has 1 heterocycles. The Morgan fingerprint density at radius 1 is 0.486 bits per heavy atom. The van der Waals surface area contributed by atoms with Gasteiger partial charge in [0.25, 0.3) is 50.6 Å². The van der Waals surface area contributed by atoms with Crippen molar-refractivity contribution >= 4 is 149 Å². The average molecular weight is 1150 g/mol. The van der Waals surface area contributed by atoms with Crippen LogP contribution in [0.25, 0.3) is 0 Å². The van der Waals surface area contributed by atoms with Gasteiger partial charge in [-0.2, -0.15) is 67.3 Å². The van der Waals surface area contributed by atoms with Crippen molar-refractivity contribution in [3.8, 4) is 11.5 Å². The molecule has 0 atom stereocenters. The van der Waals surface area contributed by atoms with Gasteiger partial charge in [0.15, 0.2) is 0 Å². The normalized spacial score (nSPS) is 12.6. The molecule has 1 aromatic heterocycles. The number of aromatic nitrogens is 3. The minimum Gasteiger partial charge on any atom is -0.491 e. The van der Waals surface area contributed by atoms with Gasteiger partial charge in [0.1, 0.15) is 38.5 Å². The maximum atomic E-state index is 11.8. The minimum atomic E-state index is -4.76. The topological polar surface area (TPSA) is 415 Å². The lowest BCUT2D eigenvalue weighted by atomic mass is 10.2. The molecular weight excluding hydrogens is 1120 g/mol. The summed E-state index contributed by atoms with van der Waals surface area (Å²) in [5.74, 6) is -4.25. The maximum Gasteiger partial charge on any atom is 0.296 e. The van der Waals surface area contributed by atoms with Gasteiger partial charge < -0.3 is 25.4 Å². The molecule has 8 N–H and O–H groups in total. The Labute approximate surface area is 417 Å². The molecular formula is C34H32Cl4N10O17S5. The first-order valence-electron chi connectivity index (χ1n) is 18.6. The summed E-state index contributed by atoms with van der Waals surface area (Å²) >= 11 is 24.9. The predicted molar refractivity (Wildman–Crippen MR) is 253 cm³/mol. The number of ether oxygens (including phenoxy) is 2. The van der Waals surface area contributed by atoms with E-state index in [9.17, 15) is 64.9 Å². The number of benzene rings is 4. The van der Waals surface area contributed by atoms with Crippen LogP contribution in [0.15, 0.2) is 90.9 Å². The molecule has 0 radical (unpaired) electrons. The second-order valence-electron chi connectivity index (χ2n) is 13.6. The molecule has 4 aromatic carbocycles. The summed E-state index contributed by atoms with van der Waals surface area (Å²) in [6.07, 6.45) is -0.493. The van der Waals surface area contributed by atoms with E-state index in [1.807, 2.05) is 0 Å². The number of hydrogen-bond donors (Lipinski definition) is 8. The number of nitrogens with zero attached hydrogens (tertiary/aromatic N) is 7. The van der Waals surface area contributed by atoms with E-state index in [2.05, 4.69) is 51.4 Å². The van der Waals surface area contributed by atoms with Gasteiger partial charge in [0, 0.05) is 12.1 Å². The van der Waals surface area contributed by atoms with Crippen LogP contribution in [-0.2, 0) is 50.6 Å². The van der Waals surface area contributed by atoms with E-state index in [1.165, 1.54) is 36.4 Å². The number of nitrogens with one attached hydrogen (secondary N) is 3. The van der Waals surface area contributed by atoms with Crippen LogP contribution >= 0.6 is 46.4 Å². The summed E-state index contributed by atoms with van der Waals surface area (Å²) in [6, 6.07) is 11.4. The van der Waals surface area contributed by atoms with Gasteiger partial charge >= 0.3 is 0 Å². The van der Waals surface area contributed by atoms with Crippen LogP contribution in [0, 0.1) is 0 Å². The summed E-state index contributed by atoms with van der Waals surface area (Å²) in [7, 11) is -23.1. The van der Waals surface area contributed by atoms with Crippen LogP contribution in [-0.4, -0.2) is 110 Å². The Bertz CT molecular complexity index is 3250. The molecule has 5 aromatic rings. The lowest BCUT2D eigenvalue weighted by Gasteiger charge is -2.17. The Morgan fingerprint density at radius 3 is 1.23 bits per heavy atom. The van der Waals surface area contributed by atoms with E-state index in [4.69, 9.17) is 55.9 Å². The molecule has 0 aliphatic carbocycles. The Kier molecular flexibility index (Phi) is 18.2. The van der Waals surface area contributed by atoms with Gasteiger partial charge in [-0.1, -0.05) is 46.4 Å². The first-order valence-corrected chi connectivity index (χ1v) is 27.8. The van der Waals surface area contributed by atoms with Gasteiger partial charge in [0.2, 0.25) is 17.8 Å². The number of rotatable bonds is 23. The molecule has 5 rings (SSSR count). The van der Waals surface area contributed by atoms with E-state index >= 15 is 0 Å². The van der Waals surface area contributed by atoms with Gasteiger partial charge in [-0.05, 0) is 61.4 Å². The van der Waals surface area contributed by atoms with Crippen molar-refractivity contribution in [3.05, 3.63) is 80.8 Å². The molecule has 0 aliphatic rings. The largest absolute Gasteiger partial charge is 0.491 e. The third-order valence-electron chi connectivity index (χ3n) is 8.18. The van der Waals surface area contributed by atoms with Crippen LogP contribution in [0.5, 0.6) is 11.5 Å². The summed E-state index contributed by atoms with van der Waals surface area (Å²) < 4.78 is 174. The van der Waals surface area contributed by atoms with Crippen molar-refractivity contribution < 1.29 is 74.3 Å². The Hall–Kier alpha value is -5.20. The number of anilines is 5. The van der Waals surface area contributed by atoms with Crippen molar-refractivity contribution in [2.24, 2.45) is 20.5 Å². The molecule has 0 spiro atoms. The van der Waals surface area contributed by atoms with Crippen LogP contribution in [0.4, 0.5) is 52.0 Å². The van der Waals surface area contributed by atoms with Crippen LogP contribution < -0.4 is 25.4 Å². The highest BCUT2D eigenvalue weighted by molar-refractivity contribution is 7.86. The van der Waals surface area contributed by atoms with E-state index in [1.54, 1.807) is 0 Å². The third-order valence-corrected chi connectivity index (χ3v) is 13.6. The Balaban J connectivity index is 1.56. The van der Waals surface area contributed by atoms with E-state index in [0.717, 1.165) is 24.3 Å². The van der Waals surface area contributed by atoms with Crippen LogP contribution in [0.3, 0.4) is 0 Å². The van der Waals surface area contributed by atoms with Crippen molar-refractivity contribution in [1.29, 1.82) is 0 Å². The highest BCUT2D eigenvalue weighted by Crippen LogP contribution is 2.41. The predicted octanol–water partition coefficient (Wildman–Crippen LogP) is 7.87. The smallest absolute Gasteiger partial charge is 0.296 e. The quantitative estimate of drug-likeness (QED) is 0.0175. The van der Waals surface area contributed by atoms with Gasteiger partial charge in [-0.3, -0.25) is 22.8 Å². The molecule has 0 saturated carbocycles. The van der Waals surface area contributed by atoms with Gasteiger partial charge in [-0.15, -0.1) is 10.2 Å². The average Bonchev–Trinajstić information content (AvgIpc) is 3.22. The second-order valence-corrected chi connectivity index (χ2v) is 22.6. The van der Waals surface area contributed by atoms with E-state index in [0.29, 0.717) is 0 Å². The molecule has 0 saturated heterocycles. The fourth-order valence-corrected chi connectivity index (χ4v) is 8.88. The van der Waals surface area contributed by atoms with Crippen molar-refractivity contribution in [1.82, 2.24) is 15.0 Å². The zero-order valence-corrected chi connectivity index (χ0v) is 41.6. The summed E-state index contributed by atoms with van der Waals surface area (Å²) in [5, 5.41) is 22.7. The zero-order chi connectivity index (χ0) is 51.8. The molecule has 70 heavy (non-hydrogen) atoms. The monoisotopic (exact) mass is 1150 g/mol. The highest BCUT2D eigenvalue weighted by atomic mass is 35.5. The summed E-state index contributed by atoms with van der Waals surface area (Å²) in [4.78, 5) is 11.1. The van der Waals surface area contributed by atoms with Crippen LogP contribution in [0.1, 0.15) is 12.8 Å². The molecule has 36 heteroatoms. The van der Waals surface area contributed by atoms with Crippen molar-refractivity contribution in [2.45, 2.75) is 22.6 Å². The lowest BCUT2D eigenvalue weighted by molar-refractivity contribution is 0.317. The van der Waals surface area contributed by atoms with Crippen molar-refractivity contribution in [3.63, 3.8) is 0 Å². The summed E-state index contributed by atoms with van der Waals surface area (Å²) in [5.41, 5.74) is -0.647. The van der Waals surface area contributed by atoms with E-state index < -0.39 is 95.6 Å². The van der Waals surface area contributed by atoms with Crippen LogP contribution in [0.2, 0.25) is 20.1 Å². The number of hydrogen-bond acceptors (Lipinski definition) is 22. The molecule has 378 valence electrons. The maximum absolute atomic E-state index is 11.8. The molecule has 0 amide bonds. The highest BCUT2D eigenvalue weighted by Gasteiger charge is 2.20. The molecule has 27 nitrogen and oxygen atoms in total. The molecule has 0 bridgehead atoms. The first kappa shape index (κ1) is 55.7. The summed E-state index contributed by atoms with van der Waals surface area (Å²) in [6.45, 7) is -0.719. The Morgan fingerprint density at radius 2 is 0.871 bits per heavy atom. The fraction of sp³-hybridized carbons (Fsp3) is 0.206. The molecule has 0 aliphatic heterocycles. The number of halogens is 4. The van der Waals surface area contributed by atoms with Crippen molar-refractivity contribution in [2.75, 3.05) is 46.5 Å². The third kappa shape index (κ3) is 17.6. The standard InChI is InChI=1S/C34H32Cl4N10O17S5/c35-20-5-3-18(11-30(20)69(58,59)60)45-47-24-15-28(64-7-1-9-66(49,50)51)26(13-22(24)37)40-33-42-32(39-17-68(55,56)57)43-34(44-33)41-27-14-23(38)25(16-29(27)65-8-2-10-67(52,53)54)48-46-19-4-6-21(36)31(12-19)70(61,62)63/h3-6,11-16H,1-2,7-10,17H2,(H,49,50,51)(H,52,53,54)(H,55,56,57)(H,58,59,60)(H,61,62,63)(H3,39,40,41,42,43,44). The zero-order valence-electron chi connectivity index (χ0n) is 34.5. The van der Waals surface area contributed by atoms with Gasteiger partial charge in [0.05, 0.1) is 67.6 Å². The van der Waals surface area contributed by atoms with E-state index in [-0.39, 0.29) is 91.8 Å². The molecule has 0 unspecified atom stereocenters. The first-order chi connectivity index (χ1) is 32.4. The van der Waals surface area contributed by atoms with Gasteiger partial charge in [-0.25, -0.2) is 0 Å².